The Balaban J connectivity index is 1.74. The van der Waals surface area contributed by atoms with E-state index in [2.05, 4.69) is 20.4 Å². The number of H-pyrrole nitrogens is 1. The van der Waals surface area contributed by atoms with Crippen LogP contribution < -0.4 is 10.2 Å². The van der Waals surface area contributed by atoms with Crippen LogP contribution in [0.1, 0.15) is 0 Å². The Bertz CT molecular complexity index is 1270. The van der Waals surface area contributed by atoms with Crippen molar-refractivity contribution in [3.8, 4) is 0 Å². The fourth-order valence-electron chi connectivity index (χ4n) is 3.92. The van der Waals surface area contributed by atoms with Crippen molar-refractivity contribution in [1.29, 1.82) is 0 Å². The van der Waals surface area contributed by atoms with Crippen molar-refractivity contribution >= 4 is 37.2 Å². The Morgan fingerprint density at radius 2 is 1.64 bits per heavy atom. The molecule has 3 aromatic carbocycles. The summed E-state index contributed by atoms with van der Waals surface area (Å²) >= 11 is 0. The Morgan fingerprint density at radius 1 is 0.893 bits per heavy atom. The smallest absolute Gasteiger partial charge is 0.224 e. The molecule has 0 amide bonds. The lowest BCUT2D eigenvalue weighted by molar-refractivity contribution is 0.589. The molecule has 1 aliphatic heterocycles. The molecule has 5 rings (SSSR count). The van der Waals surface area contributed by atoms with Crippen LogP contribution in [0.2, 0.25) is 0 Å². The number of piperazine rings is 1. The predicted molar refractivity (Wildman–Crippen MR) is 111 cm³/mol. The molecule has 4 aromatic rings. The molecule has 0 atom stereocenters. The van der Waals surface area contributed by atoms with Crippen LogP contribution in [-0.4, -0.2) is 44.8 Å². The van der Waals surface area contributed by atoms with E-state index in [0.717, 1.165) is 37.3 Å². The molecule has 0 bridgehead atoms. The van der Waals surface area contributed by atoms with Gasteiger partial charge in [-0.1, -0.05) is 42.5 Å². The van der Waals surface area contributed by atoms with Crippen LogP contribution in [0.3, 0.4) is 0 Å². The molecule has 7 heteroatoms. The lowest BCUT2D eigenvalue weighted by Crippen LogP contribution is -2.43. The topological polar surface area (TPSA) is 78.1 Å². The van der Waals surface area contributed by atoms with Crippen LogP contribution in [0.4, 0.5) is 5.69 Å². The number of hydrogen-bond donors (Lipinski definition) is 2. The van der Waals surface area contributed by atoms with E-state index in [1.165, 1.54) is 0 Å². The third-order valence-corrected chi connectivity index (χ3v) is 7.06. The van der Waals surface area contributed by atoms with Crippen molar-refractivity contribution in [1.82, 2.24) is 15.5 Å². The van der Waals surface area contributed by atoms with E-state index >= 15 is 0 Å². The quantitative estimate of drug-likeness (QED) is 0.560. The highest BCUT2D eigenvalue weighted by molar-refractivity contribution is 7.91. The summed E-state index contributed by atoms with van der Waals surface area (Å²) in [6.45, 7) is 3.41. The number of nitrogens with one attached hydrogen (secondary N) is 2. The maximum atomic E-state index is 13.7. The number of nitrogens with zero attached hydrogens (tertiary/aromatic N) is 2. The molecule has 1 aromatic heterocycles. The number of aromatic amines is 1. The minimum atomic E-state index is -3.77. The van der Waals surface area contributed by atoms with E-state index < -0.39 is 9.84 Å². The van der Waals surface area contributed by atoms with E-state index in [9.17, 15) is 8.42 Å². The van der Waals surface area contributed by atoms with Crippen molar-refractivity contribution in [2.24, 2.45) is 0 Å². The molecule has 1 saturated heterocycles. The highest BCUT2D eigenvalue weighted by Gasteiger charge is 2.27. The number of benzene rings is 3. The predicted octanol–water partition coefficient (Wildman–Crippen LogP) is 2.96. The zero-order chi connectivity index (χ0) is 19.1. The molecule has 142 valence electrons. The number of aromatic nitrogens is 2. The van der Waals surface area contributed by atoms with E-state index in [1.54, 1.807) is 12.1 Å². The molecule has 0 radical (unpaired) electrons. The zero-order valence-corrected chi connectivity index (χ0v) is 16.0. The number of hydrogen-bond acceptors (Lipinski definition) is 5. The van der Waals surface area contributed by atoms with Gasteiger partial charge in [0, 0.05) is 37.3 Å². The van der Waals surface area contributed by atoms with Gasteiger partial charge >= 0.3 is 0 Å². The molecule has 2 heterocycles. The summed E-state index contributed by atoms with van der Waals surface area (Å²) in [6, 6.07) is 18.7. The van der Waals surface area contributed by atoms with Gasteiger partial charge in [0.2, 0.25) is 9.84 Å². The first kappa shape index (κ1) is 17.2. The first-order chi connectivity index (χ1) is 13.7. The second-order valence-electron chi connectivity index (χ2n) is 6.94. The van der Waals surface area contributed by atoms with Crippen molar-refractivity contribution < 1.29 is 8.42 Å². The van der Waals surface area contributed by atoms with E-state index in [1.807, 2.05) is 48.5 Å². The molecule has 0 unspecified atom stereocenters. The van der Waals surface area contributed by atoms with Crippen LogP contribution in [-0.2, 0) is 9.84 Å². The van der Waals surface area contributed by atoms with Gasteiger partial charge in [-0.05, 0) is 23.6 Å². The van der Waals surface area contributed by atoms with Crippen LogP contribution in [0, 0.1) is 0 Å². The van der Waals surface area contributed by atoms with Gasteiger partial charge in [0.1, 0.15) is 0 Å². The average molecular weight is 392 g/mol. The van der Waals surface area contributed by atoms with Crippen molar-refractivity contribution in [3.05, 3.63) is 60.7 Å². The van der Waals surface area contributed by atoms with Gasteiger partial charge in [-0.25, -0.2) is 8.42 Å². The van der Waals surface area contributed by atoms with Gasteiger partial charge in [-0.3, -0.25) is 5.10 Å². The van der Waals surface area contributed by atoms with Crippen molar-refractivity contribution in [2.75, 3.05) is 31.1 Å². The minimum absolute atomic E-state index is 0.160. The second-order valence-corrected chi connectivity index (χ2v) is 8.80. The summed E-state index contributed by atoms with van der Waals surface area (Å²) < 4.78 is 27.3. The van der Waals surface area contributed by atoms with E-state index in [0.29, 0.717) is 21.2 Å². The molecule has 0 spiro atoms. The van der Waals surface area contributed by atoms with Gasteiger partial charge in [0.15, 0.2) is 5.03 Å². The lowest BCUT2D eigenvalue weighted by atomic mass is 10.1. The lowest BCUT2D eigenvalue weighted by Gasteiger charge is -2.30. The van der Waals surface area contributed by atoms with E-state index in [4.69, 9.17) is 0 Å². The van der Waals surface area contributed by atoms with Gasteiger partial charge in [0.05, 0.1) is 15.8 Å². The van der Waals surface area contributed by atoms with Crippen molar-refractivity contribution in [3.63, 3.8) is 0 Å². The molecular weight excluding hydrogens is 372 g/mol. The Labute approximate surface area is 163 Å². The number of sulfone groups is 1. The molecule has 0 aliphatic carbocycles. The number of rotatable bonds is 3. The Morgan fingerprint density at radius 3 is 2.50 bits per heavy atom. The Kier molecular flexibility index (Phi) is 4.07. The zero-order valence-electron chi connectivity index (χ0n) is 15.2. The number of fused-ring (bicyclic) bond motifs is 2. The van der Waals surface area contributed by atoms with E-state index in [-0.39, 0.29) is 5.03 Å². The van der Waals surface area contributed by atoms with Gasteiger partial charge in [-0.2, -0.15) is 5.10 Å². The molecule has 1 fully saturated rings. The summed E-state index contributed by atoms with van der Waals surface area (Å²) in [5.74, 6) is 0. The fourth-order valence-corrected chi connectivity index (χ4v) is 5.52. The summed E-state index contributed by atoms with van der Waals surface area (Å²) in [6.07, 6.45) is 0. The van der Waals surface area contributed by atoms with Gasteiger partial charge < -0.3 is 10.2 Å². The van der Waals surface area contributed by atoms with Crippen LogP contribution in [0.5, 0.6) is 0 Å². The Hall–Kier alpha value is -2.90. The molecule has 1 aliphatic rings. The summed E-state index contributed by atoms with van der Waals surface area (Å²) in [5, 5.41) is 12.9. The average Bonchev–Trinajstić information content (AvgIpc) is 3.19. The molecular formula is C21H20N4O2S. The standard InChI is InChI=1S/C21H20N4O2S/c26-28(27,19-10-3-6-15-5-1-2-7-16(15)19)21-20-17(23-24-21)8-4-9-18(20)25-13-11-22-12-14-25/h1-10,22H,11-14H2,(H,23,24). The third-order valence-electron chi connectivity index (χ3n) is 5.29. The number of anilines is 1. The first-order valence-corrected chi connectivity index (χ1v) is 10.8. The molecule has 2 N–H and O–H groups in total. The van der Waals surface area contributed by atoms with Gasteiger partial charge in [0.25, 0.3) is 0 Å². The first-order valence-electron chi connectivity index (χ1n) is 9.32. The maximum absolute atomic E-state index is 13.7. The van der Waals surface area contributed by atoms with Crippen LogP contribution in [0.15, 0.2) is 70.6 Å². The normalized spacial score (nSPS) is 15.4. The minimum Gasteiger partial charge on any atom is -0.368 e. The summed E-state index contributed by atoms with van der Waals surface area (Å²) in [4.78, 5) is 2.52. The van der Waals surface area contributed by atoms with Crippen molar-refractivity contribution in [2.45, 2.75) is 9.92 Å². The SMILES string of the molecule is O=S(=O)(c1cccc2ccccc12)c1[nH]nc2cccc(N3CCNCC3)c12. The molecule has 6 nitrogen and oxygen atoms in total. The second kappa shape index (κ2) is 6.61. The summed E-state index contributed by atoms with van der Waals surface area (Å²) in [7, 11) is -3.77. The monoisotopic (exact) mass is 392 g/mol. The van der Waals surface area contributed by atoms with Gasteiger partial charge in [-0.15, -0.1) is 0 Å². The van der Waals surface area contributed by atoms with Crippen LogP contribution >= 0.6 is 0 Å². The summed E-state index contributed by atoms with van der Waals surface area (Å²) in [5.41, 5.74) is 1.57. The highest BCUT2D eigenvalue weighted by atomic mass is 32.2. The largest absolute Gasteiger partial charge is 0.368 e. The molecule has 0 saturated carbocycles. The third kappa shape index (κ3) is 2.66. The van der Waals surface area contributed by atoms with Crippen LogP contribution in [0.25, 0.3) is 21.7 Å². The molecule has 28 heavy (non-hydrogen) atoms. The maximum Gasteiger partial charge on any atom is 0.224 e. The fraction of sp³-hybridized carbons (Fsp3) is 0.190. The highest BCUT2D eigenvalue weighted by Crippen LogP contribution is 2.35.